The van der Waals surface area contributed by atoms with E-state index >= 15 is 0 Å². The van der Waals surface area contributed by atoms with Gasteiger partial charge in [-0.2, -0.15) is 0 Å². The lowest BCUT2D eigenvalue weighted by Gasteiger charge is -2.25. The molecule has 23 heavy (non-hydrogen) atoms. The number of sulfonamides is 1. The molecule has 0 aromatic heterocycles. The third-order valence-corrected chi connectivity index (χ3v) is 4.18. The van der Waals surface area contributed by atoms with Gasteiger partial charge in [0.2, 0.25) is 10.0 Å². The minimum atomic E-state index is -3.45. The Balaban J connectivity index is 2.80. The van der Waals surface area contributed by atoms with E-state index in [0.29, 0.717) is 5.69 Å². The Morgan fingerprint density at radius 2 is 1.87 bits per heavy atom. The van der Waals surface area contributed by atoms with Crippen molar-refractivity contribution in [2.75, 3.05) is 23.7 Å². The highest BCUT2D eigenvalue weighted by Crippen LogP contribution is 2.23. The van der Waals surface area contributed by atoms with Gasteiger partial charge in [-0.25, -0.2) is 13.2 Å². The number of carbonyl (C=O) groups excluding carboxylic acids is 1. The molecule has 1 aromatic carbocycles. The molecule has 6 nitrogen and oxygen atoms in total. The molecule has 0 spiro atoms. The van der Waals surface area contributed by atoms with E-state index in [1.165, 1.54) is 4.31 Å². The fourth-order valence-electron chi connectivity index (χ4n) is 2.12. The Morgan fingerprint density at radius 3 is 2.35 bits per heavy atom. The number of nitrogens with zero attached hydrogens (tertiary/aromatic N) is 1. The summed E-state index contributed by atoms with van der Waals surface area (Å²) >= 11 is 0. The number of aryl methyl sites for hydroxylation is 2. The Labute approximate surface area is 138 Å². The first kappa shape index (κ1) is 19.3. The van der Waals surface area contributed by atoms with Gasteiger partial charge in [-0.05, 0) is 46.2 Å². The third kappa shape index (κ3) is 6.48. The Morgan fingerprint density at radius 1 is 1.26 bits per heavy atom. The lowest BCUT2D eigenvalue weighted by molar-refractivity contribution is 0.0529. The van der Waals surface area contributed by atoms with E-state index in [0.717, 1.165) is 17.4 Å². The molecule has 0 aliphatic heterocycles. The van der Waals surface area contributed by atoms with Crippen LogP contribution in [0.15, 0.2) is 18.2 Å². The molecule has 1 aromatic rings. The number of hydrogen-bond donors (Lipinski definition) is 1. The van der Waals surface area contributed by atoms with Crippen LogP contribution in [0.25, 0.3) is 0 Å². The van der Waals surface area contributed by atoms with E-state index in [2.05, 4.69) is 5.32 Å². The maximum absolute atomic E-state index is 12.1. The molecule has 0 saturated carbocycles. The number of amides is 1. The van der Waals surface area contributed by atoms with Gasteiger partial charge in [-0.15, -0.1) is 0 Å². The maximum atomic E-state index is 12.1. The second kappa shape index (κ2) is 7.21. The Kier molecular flexibility index (Phi) is 6.04. The number of carbonyl (C=O) groups is 1. The summed E-state index contributed by atoms with van der Waals surface area (Å²) in [6.45, 7) is 9.42. The molecule has 0 aliphatic rings. The maximum Gasteiger partial charge on any atom is 0.407 e. The van der Waals surface area contributed by atoms with Crippen molar-refractivity contribution in [3.63, 3.8) is 0 Å². The normalized spacial score (nSPS) is 11.9. The van der Waals surface area contributed by atoms with Crippen LogP contribution in [-0.2, 0) is 14.8 Å². The molecule has 0 fully saturated rings. The summed E-state index contributed by atoms with van der Waals surface area (Å²) < 4.78 is 30.5. The van der Waals surface area contributed by atoms with Gasteiger partial charge in [0.15, 0.2) is 0 Å². The van der Waals surface area contributed by atoms with Gasteiger partial charge in [0, 0.05) is 6.54 Å². The number of benzene rings is 1. The largest absolute Gasteiger partial charge is 0.444 e. The molecule has 0 atom stereocenters. The van der Waals surface area contributed by atoms with Gasteiger partial charge in [0.05, 0.1) is 18.5 Å². The molecule has 1 rings (SSSR count). The van der Waals surface area contributed by atoms with Crippen molar-refractivity contribution in [3.8, 4) is 0 Å². The first-order valence-corrected chi connectivity index (χ1v) is 9.27. The average Bonchev–Trinajstić information content (AvgIpc) is 2.32. The van der Waals surface area contributed by atoms with E-state index < -0.39 is 21.7 Å². The summed E-state index contributed by atoms with van der Waals surface area (Å²) in [6.07, 6.45) is 0.589. The standard InChI is InChI=1S/C16H26N2O4S/c1-12-7-8-14(13(2)11-12)18(23(6,20)21)10-9-17-15(19)22-16(3,4)5/h7-8,11H,9-10H2,1-6H3,(H,17,19). The molecule has 1 amide bonds. The van der Waals surface area contributed by atoms with Crippen molar-refractivity contribution >= 4 is 21.8 Å². The molecule has 0 saturated heterocycles. The molecular weight excluding hydrogens is 316 g/mol. The topological polar surface area (TPSA) is 75.7 Å². The zero-order chi connectivity index (χ0) is 17.8. The molecule has 130 valence electrons. The molecule has 0 bridgehead atoms. The third-order valence-electron chi connectivity index (χ3n) is 3.00. The highest BCUT2D eigenvalue weighted by atomic mass is 32.2. The molecule has 1 N–H and O–H groups in total. The second-order valence-electron chi connectivity index (χ2n) is 6.55. The number of rotatable bonds is 5. The van der Waals surface area contributed by atoms with Gasteiger partial charge in [0.1, 0.15) is 5.60 Å². The predicted octanol–water partition coefficient (Wildman–Crippen LogP) is 2.59. The zero-order valence-electron chi connectivity index (χ0n) is 14.6. The monoisotopic (exact) mass is 342 g/mol. The fourth-order valence-corrected chi connectivity index (χ4v) is 3.11. The number of alkyl carbamates (subject to hydrolysis) is 1. The van der Waals surface area contributed by atoms with Gasteiger partial charge >= 0.3 is 6.09 Å². The number of nitrogens with one attached hydrogen (secondary N) is 1. The lowest BCUT2D eigenvalue weighted by Crippen LogP contribution is -2.40. The molecule has 0 heterocycles. The van der Waals surface area contributed by atoms with Crippen LogP contribution in [0.2, 0.25) is 0 Å². The van der Waals surface area contributed by atoms with Crippen LogP contribution >= 0.6 is 0 Å². The summed E-state index contributed by atoms with van der Waals surface area (Å²) in [5.74, 6) is 0. The summed E-state index contributed by atoms with van der Waals surface area (Å²) in [7, 11) is -3.45. The van der Waals surface area contributed by atoms with Crippen LogP contribution < -0.4 is 9.62 Å². The summed E-state index contributed by atoms with van der Waals surface area (Å²) in [6, 6.07) is 5.57. The van der Waals surface area contributed by atoms with Gasteiger partial charge in [-0.1, -0.05) is 17.7 Å². The molecule has 0 radical (unpaired) electrons. The fraction of sp³-hybridized carbons (Fsp3) is 0.562. The SMILES string of the molecule is Cc1ccc(N(CCNC(=O)OC(C)(C)C)S(C)(=O)=O)c(C)c1. The summed E-state index contributed by atoms with van der Waals surface area (Å²) in [4.78, 5) is 11.6. The smallest absolute Gasteiger partial charge is 0.407 e. The molecule has 7 heteroatoms. The second-order valence-corrected chi connectivity index (χ2v) is 8.46. The van der Waals surface area contributed by atoms with Crippen LogP contribution in [-0.4, -0.2) is 39.5 Å². The zero-order valence-corrected chi connectivity index (χ0v) is 15.5. The van der Waals surface area contributed by atoms with Gasteiger partial charge in [0.25, 0.3) is 0 Å². The number of hydrogen-bond acceptors (Lipinski definition) is 4. The minimum Gasteiger partial charge on any atom is -0.444 e. The molecule has 0 unspecified atom stereocenters. The van der Waals surface area contributed by atoms with E-state index in [-0.39, 0.29) is 13.1 Å². The van der Waals surface area contributed by atoms with Crippen molar-refractivity contribution in [3.05, 3.63) is 29.3 Å². The minimum absolute atomic E-state index is 0.141. The van der Waals surface area contributed by atoms with Crippen LogP contribution in [0.4, 0.5) is 10.5 Å². The quantitative estimate of drug-likeness (QED) is 0.892. The number of anilines is 1. The first-order valence-electron chi connectivity index (χ1n) is 7.42. The van der Waals surface area contributed by atoms with E-state index in [9.17, 15) is 13.2 Å². The van der Waals surface area contributed by atoms with Crippen LogP contribution in [0.1, 0.15) is 31.9 Å². The van der Waals surface area contributed by atoms with E-state index in [1.807, 2.05) is 26.0 Å². The van der Waals surface area contributed by atoms with Crippen molar-refractivity contribution in [2.24, 2.45) is 0 Å². The van der Waals surface area contributed by atoms with Crippen LogP contribution in [0.3, 0.4) is 0 Å². The van der Waals surface area contributed by atoms with Crippen molar-refractivity contribution in [2.45, 2.75) is 40.2 Å². The van der Waals surface area contributed by atoms with E-state index in [1.54, 1.807) is 26.8 Å². The summed E-state index contributed by atoms with van der Waals surface area (Å²) in [5.41, 5.74) is 1.96. The lowest BCUT2D eigenvalue weighted by atomic mass is 10.1. The Hall–Kier alpha value is -1.76. The van der Waals surface area contributed by atoms with Crippen molar-refractivity contribution < 1.29 is 17.9 Å². The van der Waals surface area contributed by atoms with E-state index in [4.69, 9.17) is 4.74 Å². The van der Waals surface area contributed by atoms with Crippen LogP contribution in [0.5, 0.6) is 0 Å². The Bertz CT molecular complexity index is 663. The van der Waals surface area contributed by atoms with Crippen molar-refractivity contribution in [1.29, 1.82) is 0 Å². The average molecular weight is 342 g/mol. The molecular formula is C16H26N2O4S. The van der Waals surface area contributed by atoms with Crippen molar-refractivity contribution in [1.82, 2.24) is 5.32 Å². The highest BCUT2D eigenvalue weighted by molar-refractivity contribution is 7.92. The van der Waals surface area contributed by atoms with Gasteiger partial charge in [-0.3, -0.25) is 4.31 Å². The number of ether oxygens (including phenoxy) is 1. The van der Waals surface area contributed by atoms with Crippen LogP contribution in [0, 0.1) is 13.8 Å². The highest BCUT2D eigenvalue weighted by Gasteiger charge is 2.20. The van der Waals surface area contributed by atoms with Gasteiger partial charge < -0.3 is 10.1 Å². The predicted molar refractivity (Wildman–Crippen MR) is 92.3 cm³/mol. The summed E-state index contributed by atoms with van der Waals surface area (Å²) in [5, 5.41) is 2.58. The first-order chi connectivity index (χ1) is 10.4. The molecule has 0 aliphatic carbocycles.